The predicted molar refractivity (Wildman–Crippen MR) is 28.6 cm³/mol. The molecule has 6 heteroatoms. The topological polar surface area (TPSA) is 57.5 Å². The normalized spacial score (nSPS) is 8.29. The monoisotopic (exact) mass is 154 g/mol. The van der Waals surface area contributed by atoms with Crippen LogP contribution in [0.3, 0.4) is 0 Å². The van der Waals surface area contributed by atoms with Gasteiger partial charge in [0, 0.05) is 11.2 Å². The molecule has 0 aliphatic rings. The van der Waals surface area contributed by atoms with Gasteiger partial charge in [0.15, 0.2) is 0 Å². The Morgan fingerprint density at radius 2 is 1.57 bits per heavy atom. The van der Waals surface area contributed by atoms with Gasteiger partial charge in [0.2, 0.25) is 0 Å². The summed E-state index contributed by atoms with van der Waals surface area (Å²) in [6.07, 6.45) is 0. The summed E-state index contributed by atoms with van der Waals surface area (Å²) in [4.78, 5) is 0. The van der Waals surface area contributed by atoms with Crippen molar-refractivity contribution in [3.8, 4) is 0 Å². The molecule has 3 nitrogen and oxygen atoms in total. The molecule has 42 valence electrons. The third-order valence-corrected chi connectivity index (χ3v) is 0. The van der Waals surface area contributed by atoms with E-state index in [1.165, 1.54) is 0 Å². The Hall–Kier alpha value is 1.29. The summed E-state index contributed by atoms with van der Waals surface area (Å²) >= 11 is 3.47. The van der Waals surface area contributed by atoms with E-state index < -0.39 is 9.05 Å². The van der Waals surface area contributed by atoms with Gasteiger partial charge in [-0.3, -0.25) is 9.11 Å². The molecule has 0 unspecified atom stereocenters. The maximum Gasteiger partial charge on any atom is 1.00 e. The number of hydrogen-bond acceptors (Lipinski definition) is 2. The van der Waals surface area contributed by atoms with Crippen LogP contribution in [0.15, 0.2) is 0 Å². The summed E-state index contributed by atoms with van der Waals surface area (Å²) in [5.74, 6) is 0. The zero-order chi connectivity index (χ0) is 4.50. The molecule has 0 atom stereocenters. The average Bonchev–Trinajstić information content (AvgIpc) is 0.722. The van der Waals surface area contributed by atoms with Gasteiger partial charge >= 0.3 is 29.6 Å². The largest absolute Gasteiger partial charge is 1.00 e. The standard InChI is InChI=1S/CH4.Na.H2O3S2.H/c;;1-5(2,3)4;/h1H4;;(H2,1,2,3,4);/q;+1;;-1. The molecule has 0 aromatic carbocycles. The first-order valence-corrected chi connectivity index (χ1v) is 3.10. The molecular formula is CH7NaO3S2. The maximum absolute atomic E-state index is 9.11. The van der Waals surface area contributed by atoms with E-state index in [2.05, 4.69) is 11.2 Å². The minimum atomic E-state index is -3.83. The van der Waals surface area contributed by atoms with E-state index in [1.54, 1.807) is 0 Å². The molecule has 0 spiro atoms. The fourth-order valence-corrected chi connectivity index (χ4v) is 0. The van der Waals surface area contributed by atoms with Crippen molar-refractivity contribution in [3.05, 3.63) is 0 Å². The van der Waals surface area contributed by atoms with Crippen LogP contribution in [-0.2, 0) is 20.2 Å². The molecule has 0 rings (SSSR count). The van der Waals surface area contributed by atoms with E-state index in [0.717, 1.165) is 0 Å². The summed E-state index contributed by atoms with van der Waals surface area (Å²) in [6.45, 7) is 0. The second-order valence-corrected chi connectivity index (χ2v) is 2.65. The molecule has 0 aromatic heterocycles. The van der Waals surface area contributed by atoms with Crippen LogP contribution in [0.2, 0.25) is 0 Å². The molecule has 7 heavy (non-hydrogen) atoms. The smallest absolute Gasteiger partial charge is 1.00 e. The molecule has 0 fully saturated rings. The molecule has 0 aliphatic heterocycles. The first kappa shape index (κ1) is 15.7. The fraction of sp³-hybridized carbons (Fsp3) is 1.00. The summed E-state index contributed by atoms with van der Waals surface area (Å²) < 4.78 is 24.0. The van der Waals surface area contributed by atoms with Crippen LogP contribution in [0.25, 0.3) is 0 Å². The number of hydrogen-bond donors (Lipinski definition) is 2. The van der Waals surface area contributed by atoms with Gasteiger partial charge in [-0.15, -0.1) is 0 Å². The van der Waals surface area contributed by atoms with E-state index in [0.29, 0.717) is 0 Å². The van der Waals surface area contributed by atoms with Crippen LogP contribution in [-0.4, -0.2) is 13.3 Å². The van der Waals surface area contributed by atoms with Gasteiger partial charge in [-0.1, -0.05) is 7.43 Å². The van der Waals surface area contributed by atoms with Crippen molar-refractivity contribution in [1.29, 1.82) is 0 Å². The molecule has 0 saturated carbocycles. The molecule has 0 aliphatic carbocycles. The van der Waals surface area contributed by atoms with Gasteiger partial charge in [0.05, 0.1) is 0 Å². The second-order valence-electron chi connectivity index (χ2n) is 0.448. The van der Waals surface area contributed by atoms with Gasteiger partial charge in [-0.25, -0.2) is 0 Å². The molecule has 2 N–H and O–H groups in total. The Morgan fingerprint density at radius 3 is 1.57 bits per heavy atom. The Bertz CT molecular complexity index is 100. The first-order valence-electron chi connectivity index (χ1n) is 0.698. The average molecular weight is 154 g/mol. The van der Waals surface area contributed by atoms with Gasteiger partial charge < -0.3 is 1.43 Å². The minimum Gasteiger partial charge on any atom is -1.00 e. The van der Waals surface area contributed by atoms with Crippen LogP contribution in [0.4, 0.5) is 0 Å². The molecule has 0 radical (unpaired) electrons. The summed E-state index contributed by atoms with van der Waals surface area (Å²) in [7, 11) is -3.83. The van der Waals surface area contributed by atoms with Crippen LogP contribution in [0.1, 0.15) is 8.85 Å². The second kappa shape index (κ2) is 5.43. The van der Waals surface area contributed by atoms with Crippen molar-refractivity contribution < 1.29 is 44.3 Å². The van der Waals surface area contributed by atoms with E-state index in [9.17, 15) is 0 Å². The summed E-state index contributed by atoms with van der Waals surface area (Å²) in [6, 6.07) is 0. The van der Waals surface area contributed by atoms with Crippen LogP contribution in [0.5, 0.6) is 0 Å². The van der Waals surface area contributed by atoms with Crippen LogP contribution >= 0.6 is 0 Å². The van der Waals surface area contributed by atoms with Crippen LogP contribution < -0.4 is 29.6 Å². The van der Waals surface area contributed by atoms with Crippen molar-refractivity contribution in [2.24, 2.45) is 0 Å². The maximum atomic E-state index is 9.11. The van der Waals surface area contributed by atoms with Gasteiger partial charge in [0.25, 0.3) is 9.05 Å². The van der Waals surface area contributed by atoms with Crippen molar-refractivity contribution in [2.45, 2.75) is 7.43 Å². The van der Waals surface area contributed by atoms with Crippen molar-refractivity contribution in [3.63, 3.8) is 0 Å². The van der Waals surface area contributed by atoms with E-state index >= 15 is 0 Å². The van der Waals surface area contributed by atoms with E-state index in [-0.39, 0.29) is 38.4 Å². The van der Waals surface area contributed by atoms with Gasteiger partial charge in [-0.05, 0) is 0 Å². The van der Waals surface area contributed by atoms with E-state index in [1.807, 2.05) is 0 Å². The van der Waals surface area contributed by atoms with Crippen molar-refractivity contribution in [1.82, 2.24) is 0 Å². The summed E-state index contributed by atoms with van der Waals surface area (Å²) in [5, 5.41) is 0. The zero-order valence-electron chi connectivity index (χ0n) is 4.12. The van der Waals surface area contributed by atoms with Crippen molar-refractivity contribution >= 4 is 20.2 Å². The Morgan fingerprint density at radius 1 is 1.57 bits per heavy atom. The third-order valence-electron chi connectivity index (χ3n) is 0. The number of rotatable bonds is 0. The molecule has 0 saturated heterocycles. The fourth-order valence-electron chi connectivity index (χ4n) is 0. The van der Waals surface area contributed by atoms with E-state index in [4.69, 9.17) is 13.3 Å². The Labute approximate surface area is 71.6 Å². The predicted octanol–water partition coefficient (Wildman–Crippen LogP) is -2.57. The molecule has 0 heterocycles. The quantitative estimate of drug-likeness (QED) is 0.377. The van der Waals surface area contributed by atoms with Crippen LogP contribution in [0, 0.1) is 0 Å². The Balaban J connectivity index is -0.0000000267. The first-order chi connectivity index (χ1) is 2.00. The SMILES string of the molecule is C.O=S(O)(O)=S.[H-].[Na+]. The zero-order valence-corrected chi connectivity index (χ0v) is 6.75. The summed E-state index contributed by atoms with van der Waals surface area (Å²) in [5.41, 5.74) is 0. The molecule has 0 aromatic rings. The molecule has 0 amide bonds. The third kappa shape index (κ3) is 123. The molecular weight excluding hydrogens is 147 g/mol. The minimum absolute atomic E-state index is 0. The Kier molecular flexibility index (Phi) is 12.2. The van der Waals surface area contributed by atoms with Gasteiger partial charge in [0.1, 0.15) is 0 Å². The molecule has 0 bridgehead atoms. The van der Waals surface area contributed by atoms with Gasteiger partial charge in [-0.2, -0.15) is 4.21 Å². The van der Waals surface area contributed by atoms with Crippen molar-refractivity contribution in [2.75, 3.05) is 0 Å².